The standard InChI is InChI=1S/C18H17FO2/c19-17-8-4-3-7-16(17)18(20)12-21-15-10-9-13-5-1-2-6-14(13)11-15/h3-4,7-11H,1-2,5-6,12H2. The molecule has 0 aliphatic heterocycles. The first-order chi connectivity index (χ1) is 10.2. The Hall–Kier alpha value is -2.16. The maximum absolute atomic E-state index is 13.5. The van der Waals surface area contributed by atoms with Gasteiger partial charge in [-0.3, -0.25) is 4.79 Å². The molecule has 0 unspecified atom stereocenters. The molecule has 2 aromatic carbocycles. The summed E-state index contributed by atoms with van der Waals surface area (Å²) in [5.41, 5.74) is 2.75. The Morgan fingerprint density at radius 3 is 2.62 bits per heavy atom. The van der Waals surface area contributed by atoms with Crippen molar-refractivity contribution < 1.29 is 13.9 Å². The van der Waals surface area contributed by atoms with Crippen LogP contribution >= 0.6 is 0 Å². The fraction of sp³-hybridized carbons (Fsp3) is 0.278. The average Bonchev–Trinajstić information content (AvgIpc) is 2.53. The van der Waals surface area contributed by atoms with Crippen LogP contribution in [0.4, 0.5) is 4.39 Å². The third kappa shape index (κ3) is 3.13. The number of halogens is 1. The van der Waals surface area contributed by atoms with E-state index in [0.29, 0.717) is 5.75 Å². The normalized spacial score (nSPS) is 13.6. The Kier molecular flexibility index (Phi) is 4.00. The molecule has 0 amide bonds. The van der Waals surface area contributed by atoms with E-state index in [-0.39, 0.29) is 18.0 Å². The number of ketones is 1. The lowest BCUT2D eigenvalue weighted by molar-refractivity contribution is 0.0917. The average molecular weight is 284 g/mol. The van der Waals surface area contributed by atoms with Gasteiger partial charge in [-0.2, -0.15) is 0 Å². The van der Waals surface area contributed by atoms with Crippen LogP contribution in [0.1, 0.15) is 34.3 Å². The molecule has 0 saturated carbocycles. The van der Waals surface area contributed by atoms with Gasteiger partial charge in [-0.1, -0.05) is 18.2 Å². The molecule has 108 valence electrons. The topological polar surface area (TPSA) is 26.3 Å². The number of carbonyl (C=O) groups is 1. The van der Waals surface area contributed by atoms with Crippen LogP contribution in [0, 0.1) is 5.82 Å². The highest BCUT2D eigenvalue weighted by Gasteiger charge is 2.13. The number of benzene rings is 2. The molecule has 0 radical (unpaired) electrons. The molecule has 2 nitrogen and oxygen atoms in total. The van der Waals surface area contributed by atoms with E-state index in [0.717, 1.165) is 12.8 Å². The Morgan fingerprint density at radius 2 is 1.81 bits per heavy atom. The zero-order chi connectivity index (χ0) is 14.7. The number of fused-ring (bicyclic) bond motifs is 1. The van der Waals surface area contributed by atoms with Gasteiger partial charge in [0.1, 0.15) is 11.6 Å². The minimum Gasteiger partial charge on any atom is -0.485 e. The molecular weight excluding hydrogens is 267 g/mol. The summed E-state index contributed by atoms with van der Waals surface area (Å²) >= 11 is 0. The second-order valence-corrected chi connectivity index (χ2v) is 5.33. The first-order valence-corrected chi connectivity index (χ1v) is 7.26. The van der Waals surface area contributed by atoms with Crippen LogP contribution < -0.4 is 4.74 Å². The molecule has 3 heteroatoms. The molecule has 0 fully saturated rings. The van der Waals surface area contributed by atoms with Gasteiger partial charge in [0.15, 0.2) is 6.61 Å². The first-order valence-electron chi connectivity index (χ1n) is 7.26. The van der Waals surface area contributed by atoms with E-state index in [1.54, 1.807) is 12.1 Å². The van der Waals surface area contributed by atoms with Crippen LogP contribution in [0.25, 0.3) is 0 Å². The van der Waals surface area contributed by atoms with Gasteiger partial charge in [0.25, 0.3) is 0 Å². The zero-order valence-corrected chi connectivity index (χ0v) is 11.8. The maximum Gasteiger partial charge on any atom is 0.203 e. The van der Waals surface area contributed by atoms with E-state index < -0.39 is 5.82 Å². The molecule has 1 aliphatic carbocycles. The monoisotopic (exact) mass is 284 g/mol. The van der Waals surface area contributed by atoms with Crippen LogP contribution in [-0.4, -0.2) is 12.4 Å². The van der Waals surface area contributed by atoms with E-state index in [9.17, 15) is 9.18 Å². The van der Waals surface area contributed by atoms with Gasteiger partial charge in [-0.15, -0.1) is 0 Å². The summed E-state index contributed by atoms with van der Waals surface area (Å²) in [6.07, 6.45) is 4.61. The molecule has 0 bridgehead atoms. The first kappa shape index (κ1) is 13.8. The highest BCUT2D eigenvalue weighted by molar-refractivity contribution is 5.97. The minimum atomic E-state index is -0.503. The molecule has 3 rings (SSSR count). The summed E-state index contributed by atoms with van der Waals surface area (Å²) in [6.45, 7) is -0.139. The van der Waals surface area contributed by atoms with Crippen molar-refractivity contribution in [3.8, 4) is 5.75 Å². The van der Waals surface area contributed by atoms with Crippen molar-refractivity contribution in [1.29, 1.82) is 0 Å². The fourth-order valence-corrected chi connectivity index (χ4v) is 2.71. The third-order valence-corrected chi connectivity index (χ3v) is 3.86. The summed E-state index contributed by atoms with van der Waals surface area (Å²) in [4.78, 5) is 12.0. The van der Waals surface area contributed by atoms with Gasteiger partial charge < -0.3 is 4.74 Å². The molecular formula is C18H17FO2. The number of Topliss-reactive ketones (excluding diaryl/α,β-unsaturated/α-hetero) is 1. The molecule has 0 heterocycles. The van der Waals surface area contributed by atoms with Crippen LogP contribution in [0.2, 0.25) is 0 Å². The van der Waals surface area contributed by atoms with Crippen LogP contribution in [-0.2, 0) is 12.8 Å². The summed E-state index contributed by atoms with van der Waals surface area (Å²) in [6, 6.07) is 11.9. The number of ether oxygens (including phenoxy) is 1. The van der Waals surface area contributed by atoms with Crippen LogP contribution in [0.15, 0.2) is 42.5 Å². The number of carbonyl (C=O) groups excluding carboxylic acids is 1. The lowest BCUT2D eigenvalue weighted by Crippen LogP contribution is -2.13. The van der Waals surface area contributed by atoms with Crippen molar-refractivity contribution in [2.45, 2.75) is 25.7 Å². The highest BCUT2D eigenvalue weighted by Crippen LogP contribution is 2.25. The van der Waals surface area contributed by atoms with Crippen molar-refractivity contribution in [3.05, 3.63) is 65.0 Å². The van der Waals surface area contributed by atoms with Crippen LogP contribution in [0.5, 0.6) is 5.75 Å². The summed E-state index contributed by atoms with van der Waals surface area (Å²) in [5, 5.41) is 0. The van der Waals surface area contributed by atoms with E-state index >= 15 is 0 Å². The Balaban J connectivity index is 1.68. The Morgan fingerprint density at radius 1 is 1.05 bits per heavy atom. The van der Waals surface area contributed by atoms with Crippen molar-refractivity contribution >= 4 is 5.78 Å². The van der Waals surface area contributed by atoms with Crippen LogP contribution in [0.3, 0.4) is 0 Å². The molecule has 0 spiro atoms. The smallest absolute Gasteiger partial charge is 0.203 e. The Labute approximate surface area is 123 Å². The SMILES string of the molecule is O=C(COc1ccc2c(c1)CCCC2)c1ccccc1F. The summed E-state index contributed by atoms with van der Waals surface area (Å²) in [7, 11) is 0. The predicted molar refractivity (Wildman–Crippen MR) is 79.3 cm³/mol. The van der Waals surface area contributed by atoms with Gasteiger partial charge in [0.05, 0.1) is 5.56 Å². The predicted octanol–water partition coefficient (Wildman–Crippen LogP) is 3.97. The highest BCUT2D eigenvalue weighted by atomic mass is 19.1. The molecule has 1 aliphatic rings. The number of rotatable bonds is 4. The second kappa shape index (κ2) is 6.08. The number of hydrogen-bond donors (Lipinski definition) is 0. The van der Waals surface area contributed by atoms with E-state index in [1.807, 2.05) is 12.1 Å². The lowest BCUT2D eigenvalue weighted by Gasteiger charge is -2.16. The fourth-order valence-electron chi connectivity index (χ4n) is 2.71. The van der Waals surface area contributed by atoms with E-state index in [1.165, 1.54) is 36.1 Å². The summed E-state index contributed by atoms with van der Waals surface area (Å²) < 4.78 is 19.0. The van der Waals surface area contributed by atoms with E-state index in [2.05, 4.69) is 6.07 Å². The molecule has 0 N–H and O–H groups in total. The second-order valence-electron chi connectivity index (χ2n) is 5.33. The van der Waals surface area contributed by atoms with Gasteiger partial charge in [-0.05, 0) is 61.1 Å². The number of aryl methyl sites for hydroxylation is 2. The van der Waals surface area contributed by atoms with Gasteiger partial charge in [0.2, 0.25) is 5.78 Å². The largest absolute Gasteiger partial charge is 0.485 e. The minimum absolute atomic E-state index is 0.0791. The molecule has 0 atom stereocenters. The molecule has 21 heavy (non-hydrogen) atoms. The van der Waals surface area contributed by atoms with Gasteiger partial charge in [0, 0.05) is 0 Å². The van der Waals surface area contributed by atoms with Gasteiger partial charge >= 0.3 is 0 Å². The lowest BCUT2D eigenvalue weighted by atomic mass is 9.92. The van der Waals surface area contributed by atoms with Crippen molar-refractivity contribution in [2.75, 3.05) is 6.61 Å². The van der Waals surface area contributed by atoms with Crippen molar-refractivity contribution in [3.63, 3.8) is 0 Å². The van der Waals surface area contributed by atoms with Crippen molar-refractivity contribution in [2.24, 2.45) is 0 Å². The quantitative estimate of drug-likeness (QED) is 0.794. The molecule has 0 aromatic heterocycles. The van der Waals surface area contributed by atoms with Crippen molar-refractivity contribution in [1.82, 2.24) is 0 Å². The summed E-state index contributed by atoms with van der Waals surface area (Å²) in [5.74, 6) is -0.164. The zero-order valence-electron chi connectivity index (χ0n) is 11.8. The van der Waals surface area contributed by atoms with E-state index in [4.69, 9.17) is 4.74 Å². The van der Waals surface area contributed by atoms with Gasteiger partial charge in [-0.25, -0.2) is 4.39 Å². The number of hydrogen-bond acceptors (Lipinski definition) is 2. The Bertz CT molecular complexity index is 664. The third-order valence-electron chi connectivity index (χ3n) is 3.86. The molecule has 2 aromatic rings. The molecule has 0 saturated heterocycles. The maximum atomic E-state index is 13.5.